The van der Waals surface area contributed by atoms with Crippen molar-refractivity contribution >= 4 is 26.0 Å². The summed E-state index contributed by atoms with van der Waals surface area (Å²) >= 11 is 3.27. The van der Waals surface area contributed by atoms with Crippen LogP contribution in [0.5, 0.6) is 5.75 Å². The van der Waals surface area contributed by atoms with Gasteiger partial charge in [-0.1, -0.05) is 15.9 Å². The van der Waals surface area contributed by atoms with E-state index in [4.69, 9.17) is 9.47 Å². The van der Waals surface area contributed by atoms with Crippen LogP contribution < -0.4 is 9.46 Å². The summed E-state index contributed by atoms with van der Waals surface area (Å²) in [5.74, 6) is 0.322. The lowest BCUT2D eigenvalue weighted by Crippen LogP contribution is -2.39. The minimum Gasteiger partial charge on any atom is -0.495 e. The van der Waals surface area contributed by atoms with Crippen molar-refractivity contribution in [3.05, 3.63) is 22.7 Å². The van der Waals surface area contributed by atoms with Gasteiger partial charge in [0.15, 0.2) is 0 Å². The molecule has 1 aromatic carbocycles. The number of sulfonamides is 1. The maximum Gasteiger partial charge on any atom is 0.244 e. The third-order valence-electron chi connectivity index (χ3n) is 3.10. The van der Waals surface area contributed by atoms with Crippen molar-refractivity contribution in [1.82, 2.24) is 4.72 Å². The molecular weight excluding hydrogens is 334 g/mol. The minimum atomic E-state index is -3.63. The first-order valence-corrected chi connectivity index (χ1v) is 8.19. The van der Waals surface area contributed by atoms with Crippen LogP contribution in [0.3, 0.4) is 0 Å². The van der Waals surface area contributed by atoms with Gasteiger partial charge < -0.3 is 9.47 Å². The Labute approximate surface area is 121 Å². The normalized spacial score (nSPS) is 23.5. The second-order valence-electron chi connectivity index (χ2n) is 4.39. The zero-order chi connectivity index (χ0) is 14.0. The van der Waals surface area contributed by atoms with Crippen LogP contribution in [0.4, 0.5) is 0 Å². The molecule has 0 saturated carbocycles. The van der Waals surface area contributed by atoms with E-state index in [0.717, 1.165) is 0 Å². The largest absolute Gasteiger partial charge is 0.495 e. The lowest BCUT2D eigenvalue weighted by Gasteiger charge is -2.17. The first-order chi connectivity index (χ1) is 8.94. The summed E-state index contributed by atoms with van der Waals surface area (Å²) in [7, 11) is -2.18. The summed E-state index contributed by atoms with van der Waals surface area (Å²) in [6.07, 6.45) is 0.560. The fourth-order valence-electron chi connectivity index (χ4n) is 2.01. The van der Waals surface area contributed by atoms with Gasteiger partial charge in [-0.3, -0.25) is 0 Å². The van der Waals surface area contributed by atoms with E-state index in [1.165, 1.54) is 13.2 Å². The zero-order valence-corrected chi connectivity index (χ0v) is 13.1. The molecule has 19 heavy (non-hydrogen) atoms. The number of hydrogen-bond acceptors (Lipinski definition) is 4. The summed E-state index contributed by atoms with van der Waals surface area (Å²) in [6.45, 7) is 2.43. The highest BCUT2D eigenvalue weighted by Gasteiger charge is 2.30. The lowest BCUT2D eigenvalue weighted by atomic mass is 10.2. The van der Waals surface area contributed by atoms with Crippen LogP contribution in [0.15, 0.2) is 27.6 Å². The molecule has 1 N–H and O–H groups in total. The van der Waals surface area contributed by atoms with E-state index in [1.807, 2.05) is 6.92 Å². The Kier molecular flexibility index (Phi) is 4.50. The molecule has 2 rings (SSSR count). The number of nitrogens with one attached hydrogen (secondary N) is 1. The van der Waals surface area contributed by atoms with Crippen LogP contribution in [0.25, 0.3) is 0 Å². The summed E-state index contributed by atoms with van der Waals surface area (Å²) in [4.78, 5) is 0.128. The molecule has 5 nitrogen and oxygen atoms in total. The van der Waals surface area contributed by atoms with Crippen molar-refractivity contribution in [3.63, 3.8) is 0 Å². The second kappa shape index (κ2) is 5.78. The van der Waals surface area contributed by atoms with Crippen molar-refractivity contribution in [2.75, 3.05) is 13.7 Å². The predicted molar refractivity (Wildman–Crippen MR) is 74.8 cm³/mol. The molecule has 1 aliphatic rings. The summed E-state index contributed by atoms with van der Waals surface area (Å²) in [6, 6.07) is 4.68. The smallest absolute Gasteiger partial charge is 0.244 e. The topological polar surface area (TPSA) is 64.6 Å². The van der Waals surface area contributed by atoms with Gasteiger partial charge in [-0.2, -0.15) is 0 Å². The first kappa shape index (κ1) is 14.8. The van der Waals surface area contributed by atoms with E-state index in [9.17, 15) is 8.42 Å². The molecule has 1 fully saturated rings. The molecule has 0 aliphatic carbocycles. The van der Waals surface area contributed by atoms with Crippen LogP contribution in [-0.2, 0) is 14.8 Å². The van der Waals surface area contributed by atoms with E-state index in [1.54, 1.807) is 12.1 Å². The van der Waals surface area contributed by atoms with Crippen molar-refractivity contribution in [1.29, 1.82) is 0 Å². The summed E-state index contributed by atoms with van der Waals surface area (Å²) in [5, 5.41) is 0. The summed E-state index contributed by atoms with van der Waals surface area (Å²) in [5.41, 5.74) is 0. The van der Waals surface area contributed by atoms with Gasteiger partial charge in [-0.15, -0.1) is 0 Å². The molecule has 1 saturated heterocycles. The van der Waals surface area contributed by atoms with Crippen molar-refractivity contribution < 1.29 is 17.9 Å². The standard InChI is InChI=1S/C12H16BrNO4S/c1-8-10(5-6-18-8)14-19(15,16)12-7-9(13)3-4-11(12)17-2/h3-4,7-8,10,14H,5-6H2,1-2H3. The Morgan fingerprint density at radius 1 is 1.47 bits per heavy atom. The van der Waals surface area contributed by atoms with Gasteiger partial charge in [0.2, 0.25) is 10.0 Å². The van der Waals surface area contributed by atoms with Gasteiger partial charge in [-0.25, -0.2) is 13.1 Å². The average molecular weight is 350 g/mol. The number of methoxy groups -OCH3 is 1. The molecule has 0 spiro atoms. The Morgan fingerprint density at radius 2 is 2.21 bits per heavy atom. The number of benzene rings is 1. The van der Waals surface area contributed by atoms with E-state index < -0.39 is 10.0 Å². The van der Waals surface area contributed by atoms with E-state index in [2.05, 4.69) is 20.7 Å². The number of halogens is 1. The van der Waals surface area contributed by atoms with Crippen molar-refractivity contribution in [3.8, 4) is 5.75 Å². The van der Waals surface area contributed by atoms with E-state index >= 15 is 0 Å². The Balaban J connectivity index is 2.31. The molecule has 1 heterocycles. The third-order valence-corrected chi connectivity index (χ3v) is 5.10. The highest BCUT2D eigenvalue weighted by atomic mass is 79.9. The molecule has 0 bridgehead atoms. The van der Waals surface area contributed by atoms with Gasteiger partial charge in [-0.05, 0) is 31.5 Å². The molecule has 1 aromatic rings. The Hall–Kier alpha value is -0.630. The average Bonchev–Trinajstić information content (AvgIpc) is 2.74. The van der Waals surface area contributed by atoms with Crippen molar-refractivity contribution in [2.45, 2.75) is 30.4 Å². The molecule has 7 heteroatoms. The Bertz CT molecular complexity index is 561. The number of ether oxygens (including phenoxy) is 2. The molecule has 0 aromatic heterocycles. The van der Waals surface area contributed by atoms with Gasteiger partial charge in [0.05, 0.1) is 19.3 Å². The molecule has 0 amide bonds. The molecule has 1 aliphatic heterocycles. The molecule has 0 radical (unpaired) electrons. The quantitative estimate of drug-likeness (QED) is 0.901. The zero-order valence-electron chi connectivity index (χ0n) is 10.7. The fourth-order valence-corrected chi connectivity index (χ4v) is 4.06. The summed E-state index contributed by atoms with van der Waals surface area (Å²) < 4.78 is 38.6. The first-order valence-electron chi connectivity index (χ1n) is 5.91. The molecule has 2 unspecified atom stereocenters. The fraction of sp³-hybridized carbons (Fsp3) is 0.500. The lowest BCUT2D eigenvalue weighted by molar-refractivity contribution is 0.117. The predicted octanol–water partition coefficient (Wildman–Crippen LogP) is 1.91. The van der Waals surface area contributed by atoms with Crippen LogP contribution in [0, 0.1) is 0 Å². The van der Waals surface area contributed by atoms with Gasteiger partial charge in [0.1, 0.15) is 10.6 Å². The molecule has 2 atom stereocenters. The van der Waals surface area contributed by atoms with Gasteiger partial charge in [0, 0.05) is 11.1 Å². The SMILES string of the molecule is COc1ccc(Br)cc1S(=O)(=O)NC1CCOC1C. The molecular formula is C12H16BrNO4S. The van der Waals surface area contributed by atoms with E-state index in [0.29, 0.717) is 23.2 Å². The van der Waals surface area contributed by atoms with Crippen LogP contribution in [0.2, 0.25) is 0 Å². The van der Waals surface area contributed by atoms with Gasteiger partial charge >= 0.3 is 0 Å². The van der Waals surface area contributed by atoms with E-state index in [-0.39, 0.29) is 17.0 Å². The van der Waals surface area contributed by atoms with Crippen LogP contribution >= 0.6 is 15.9 Å². The maximum atomic E-state index is 12.4. The molecule has 106 valence electrons. The Morgan fingerprint density at radius 3 is 2.79 bits per heavy atom. The van der Waals surface area contributed by atoms with Crippen LogP contribution in [-0.4, -0.2) is 34.3 Å². The van der Waals surface area contributed by atoms with Crippen LogP contribution in [0.1, 0.15) is 13.3 Å². The highest BCUT2D eigenvalue weighted by Crippen LogP contribution is 2.28. The second-order valence-corrected chi connectivity index (χ2v) is 6.99. The van der Waals surface area contributed by atoms with Crippen molar-refractivity contribution in [2.24, 2.45) is 0 Å². The number of rotatable bonds is 4. The van der Waals surface area contributed by atoms with Gasteiger partial charge in [0.25, 0.3) is 0 Å². The minimum absolute atomic E-state index is 0.118. The highest BCUT2D eigenvalue weighted by molar-refractivity contribution is 9.10. The monoisotopic (exact) mass is 349 g/mol. The maximum absolute atomic E-state index is 12.4. The number of hydrogen-bond donors (Lipinski definition) is 1. The third kappa shape index (κ3) is 3.28.